The molecule has 0 N–H and O–H groups in total. The van der Waals surface area contributed by atoms with Crippen molar-refractivity contribution >= 4 is 10.8 Å². The van der Waals surface area contributed by atoms with E-state index in [1.165, 1.54) is 10.8 Å². The minimum atomic E-state index is 0.487. The van der Waals surface area contributed by atoms with Crippen molar-refractivity contribution in [2.24, 2.45) is 0 Å². The van der Waals surface area contributed by atoms with Crippen LogP contribution in [-0.2, 0) is 4.74 Å². The predicted molar refractivity (Wildman–Crippen MR) is 65.6 cm³/mol. The van der Waals surface area contributed by atoms with E-state index in [1.54, 1.807) is 0 Å². The lowest BCUT2D eigenvalue weighted by Gasteiger charge is -2.07. The summed E-state index contributed by atoms with van der Waals surface area (Å²) in [6.07, 6.45) is 0. The Morgan fingerprint density at radius 1 is 0.938 bits per heavy atom. The number of rotatable bonds is 5. The number of hydrogen-bond acceptors (Lipinski definition) is 2. The highest BCUT2D eigenvalue weighted by atomic mass is 16.5. The van der Waals surface area contributed by atoms with Crippen molar-refractivity contribution in [2.75, 3.05) is 19.8 Å². The van der Waals surface area contributed by atoms with Crippen LogP contribution in [0.15, 0.2) is 42.5 Å². The first-order valence-electron chi connectivity index (χ1n) is 5.39. The highest BCUT2D eigenvalue weighted by Gasteiger charge is 1.96. The molecule has 16 heavy (non-hydrogen) atoms. The number of fused-ring (bicyclic) bond motifs is 1. The summed E-state index contributed by atoms with van der Waals surface area (Å²) in [5.74, 6) is 0.881. The van der Waals surface area contributed by atoms with Gasteiger partial charge in [-0.2, -0.15) is 0 Å². The molecule has 2 aromatic rings. The molecule has 2 aromatic carbocycles. The molecule has 0 aromatic heterocycles. The standard InChI is InChI=1S/C14H15O2/c1-2-15-9-10-16-14-8-7-12-5-3-4-6-13(12)11-14/h3-8,11H,1-2,9-10H2. The largest absolute Gasteiger partial charge is 0.491 e. The van der Waals surface area contributed by atoms with Gasteiger partial charge >= 0.3 is 0 Å². The first-order valence-corrected chi connectivity index (χ1v) is 5.39. The van der Waals surface area contributed by atoms with Crippen LogP contribution >= 0.6 is 0 Å². The molecule has 0 heterocycles. The maximum Gasteiger partial charge on any atom is 0.120 e. The summed E-state index contributed by atoms with van der Waals surface area (Å²) in [4.78, 5) is 0. The average molecular weight is 215 g/mol. The maximum absolute atomic E-state index is 5.56. The van der Waals surface area contributed by atoms with Gasteiger partial charge in [0, 0.05) is 6.61 Å². The second kappa shape index (κ2) is 5.52. The maximum atomic E-state index is 5.56. The van der Waals surface area contributed by atoms with Crippen LogP contribution in [0.1, 0.15) is 0 Å². The zero-order valence-electron chi connectivity index (χ0n) is 9.19. The van der Waals surface area contributed by atoms with Gasteiger partial charge in [0.25, 0.3) is 0 Å². The number of ether oxygens (including phenoxy) is 2. The third kappa shape index (κ3) is 2.74. The van der Waals surface area contributed by atoms with Crippen molar-refractivity contribution < 1.29 is 9.47 Å². The van der Waals surface area contributed by atoms with E-state index in [1.807, 2.05) is 24.3 Å². The van der Waals surface area contributed by atoms with E-state index in [-0.39, 0.29) is 0 Å². The Labute approximate surface area is 95.8 Å². The molecule has 2 nitrogen and oxygen atoms in total. The summed E-state index contributed by atoms with van der Waals surface area (Å²) < 4.78 is 10.7. The molecule has 0 unspecified atom stereocenters. The Hall–Kier alpha value is -1.54. The van der Waals surface area contributed by atoms with Gasteiger partial charge < -0.3 is 9.47 Å². The minimum absolute atomic E-state index is 0.487. The molecule has 0 amide bonds. The lowest BCUT2D eigenvalue weighted by Crippen LogP contribution is -2.06. The Morgan fingerprint density at radius 3 is 2.56 bits per heavy atom. The van der Waals surface area contributed by atoms with Gasteiger partial charge in [0.1, 0.15) is 12.4 Å². The van der Waals surface area contributed by atoms with E-state index < -0.39 is 0 Å². The van der Waals surface area contributed by atoms with Gasteiger partial charge in [-0.05, 0) is 29.8 Å². The average Bonchev–Trinajstić information content (AvgIpc) is 2.34. The topological polar surface area (TPSA) is 18.5 Å². The van der Waals surface area contributed by atoms with Gasteiger partial charge in [-0.25, -0.2) is 0 Å². The Morgan fingerprint density at radius 2 is 1.75 bits per heavy atom. The SMILES string of the molecule is [CH2]COCCOc1ccc2ccccc2c1. The van der Waals surface area contributed by atoms with Gasteiger partial charge in [0.2, 0.25) is 0 Å². The summed E-state index contributed by atoms with van der Waals surface area (Å²) in [5.41, 5.74) is 0. The molecule has 0 aliphatic heterocycles. The highest BCUT2D eigenvalue weighted by Crippen LogP contribution is 2.20. The molecule has 0 aliphatic rings. The molecule has 2 heteroatoms. The third-order valence-electron chi connectivity index (χ3n) is 2.36. The van der Waals surface area contributed by atoms with E-state index in [0.717, 1.165) is 5.75 Å². The first-order chi connectivity index (χ1) is 7.90. The van der Waals surface area contributed by atoms with Crippen LogP contribution in [0.4, 0.5) is 0 Å². The van der Waals surface area contributed by atoms with E-state index in [4.69, 9.17) is 9.47 Å². The van der Waals surface area contributed by atoms with Crippen LogP contribution in [0.3, 0.4) is 0 Å². The zero-order valence-corrected chi connectivity index (χ0v) is 9.19. The lowest BCUT2D eigenvalue weighted by molar-refractivity contribution is 0.120. The van der Waals surface area contributed by atoms with E-state index in [0.29, 0.717) is 19.8 Å². The van der Waals surface area contributed by atoms with Gasteiger partial charge in [-0.3, -0.25) is 0 Å². The quantitative estimate of drug-likeness (QED) is 0.714. The fraction of sp³-hybridized carbons (Fsp3) is 0.214. The second-order valence-electron chi connectivity index (χ2n) is 3.47. The minimum Gasteiger partial charge on any atom is -0.491 e. The third-order valence-corrected chi connectivity index (χ3v) is 2.36. The van der Waals surface area contributed by atoms with Crippen LogP contribution in [0.2, 0.25) is 0 Å². The van der Waals surface area contributed by atoms with Crippen LogP contribution < -0.4 is 4.74 Å². The molecule has 83 valence electrons. The molecule has 0 atom stereocenters. The van der Waals surface area contributed by atoms with Crippen molar-refractivity contribution in [2.45, 2.75) is 0 Å². The summed E-state index contributed by atoms with van der Waals surface area (Å²) in [6.45, 7) is 5.22. The van der Waals surface area contributed by atoms with E-state index in [2.05, 4.69) is 25.1 Å². The molecule has 0 fully saturated rings. The van der Waals surface area contributed by atoms with Crippen molar-refractivity contribution in [3.8, 4) is 5.75 Å². The van der Waals surface area contributed by atoms with Crippen molar-refractivity contribution in [1.29, 1.82) is 0 Å². The van der Waals surface area contributed by atoms with Crippen LogP contribution in [0.25, 0.3) is 10.8 Å². The summed E-state index contributed by atoms with van der Waals surface area (Å²) >= 11 is 0. The highest BCUT2D eigenvalue weighted by molar-refractivity contribution is 5.83. The normalized spacial score (nSPS) is 10.6. The number of hydrogen-bond donors (Lipinski definition) is 0. The van der Waals surface area contributed by atoms with Crippen LogP contribution in [0, 0.1) is 6.92 Å². The molecule has 0 saturated heterocycles. The van der Waals surface area contributed by atoms with Gasteiger partial charge in [0.05, 0.1) is 6.61 Å². The van der Waals surface area contributed by atoms with Crippen molar-refractivity contribution in [1.82, 2.24) is 0 Å². The van der Waals surface area contributed by atoms with Gasteiger partial charge in [-0.1, -0.05) is 30.3 Å². The monoisotopic (exact) mass is 215 g/mol. The molecule has 0 saturated carbocycles. The molecule has 0 aliphatic carbocycles. The fourth-order valence-corrected chi connectivity index (χ4v) is 1.58. The second-order valence-corrected chi connectivity index (χ2v) is 3.47. The Kier molecular flexibility index (Phi) is 3.78. The summed E-state index contributed by atoms with van der Waals surface area (Å²) in [6, 6.07) is 14.3. The molecular formula is C14H15O2. The lowest BCUT2D eigenvalue weighted by atomic mass is 10.1. The first kappa shape index (κ1) is 11.0. The predicted octanol–water partition coefficient (Wildman–Crippen LogP) is 3.07. The van der Waals surface area contributed by atoms with Crippen molar-refractivity contribution in [3.05, 3.63) is 49.4 Å². The number of benzene rings is 2. The van der Waals surface area contributed by atoms with Gasteiger partial charge in [0.15, 0.2) is 0 Å². The fourth-order valence-electron chi connectivity index (χ4n) is 1.58. The van der Waals surface area contributed by atoms with E-state index in [9.17, 15) is 0 Å². The molecular weight excluding hydrogens is 200 g/mol. The van der Waals surface area contributed by atoms with Crippen molar-refractivity contribution in [3.63, 3.8) is 0 Å². The molecule has 0 spiro atoms. The summed E-state index contributed by atoms with van der Waals surface area (Å²) in [5, 5.41) is 2.42. The Bertz CT molecular complexity index is 451. The molecule has 2 rings (SSSR count). The molecule has 1 radical (unpaired) electrons. The molecule has 0 bridgehead atoms. The smallest absolute Gasteiger partial charge is 0.120 e. The zero-order chi connectivity index (χ0) is 11.2. The summed E-state index contributed by atoms with van der Waals surface area (Å²) in [7, 11) is 0. The van der Waals surface area contributed by atoms with Crippen LogP contribution in [0.5, 0.6) is 5.75 Å². The van der Waals surface area contributed by atoms with Gasteiger partial charge in [-0.15, -0.1) is 0 Å². The van der Waals surface area contributed by atoms with Crippen LogP contribution in [-0.4, -0.2) is 19.8 Å². The van der Waals surface area contributed by atoms with E-state index >= 15 is 0 Å². The Balaban J connectivity index is 2.02.